The van der Waals surface area contributed by atoms with Crippen molar-refractivity contribution in [1.29, 1.82) is 0 Å². The van der Waals surface area contributed by atoms with Gasteiger partial charge in [-0.3, -0.25) is 4.84 Å². The molecule has 0 heterocycles. The van der Waals surface area contributed by atoms with Crippen molar-refractivity contribution < 1.29 is 19.5 Å². The molecule has 5 nitrogen and oxygen atoms in total. The summed E-state index contributed by atoms with van der Waals surface area (Å²) in [6.07, 6.45) is 0.785. The molecule has 0 aromatic rings. The molecule has 0 aromatic heterocycles. The Hall–Kier alpha value is 0.580. The molecule has 0 saturated carbocycles. The van der Waals surface area contributed by atoms with Crippen LogP contribution in [0.15, 0.2) is 0 Å². The van der Waals surface area contributed by atoms with Gasteiger partial charge in [-0.1, -0.05) is 6.92 Å². The van der Waals surface area contributed by atoms with Gasteiger partial charge in [0.1, 0.15) is 0 Å². The fourth-order valence-electron chi connectivity index (χ4n) is 0.952. The molecule has 0 fully saturated rings. The molecule has 0 amide bonds. The predicted octanol–water partition coefficient (Wildman–Crippen LogP) is 0.338. The van der Waals surface area contributed by atoms with Crippen LogP contribution in [0.5, 0.6) is 0 Å². The van der Waals surface area contributed by atoms with Gasteiger partial charge in [-0.05, 0) is 26.0 Å². The third-order valence-corrected chi connectivity index (χ3v) is 7.23. The van der Waals surface area contributed by atoms with Crippen LogP contribution < -0.4 is 5.90 Å². The van der Waals surface area contributed by atoms with Gasteiger partial charge in [-0.2, -0.15) is 0 Å². The average molecular weight is 245 g/mol. The van der Waals surface area contributed by atoms with E-state index in [4.69, 9.17) is 10.7 Å². The summed E-state index contributed by atoms with van der Waals surface area (Å²) in [6, 6.07) is 0. The van der Waals surface area contributed by atoms with E-state index in [9.17, 15) is 14.7 Å². The first-order chi connectivity index (χ1) is 6.23. The van der Waals surface area contributed by atoms with Crippen LogP contribution in [0.4, 0.5) is 0 Å². The highest BCUT2D eigenvalue weighted by atomic mass is 32.5. The Bertz CT molecular complexity index is 230. The normalized spacial score (nSPS) is 15.6. The summed E-state index contributed by atoms with van der Waals surface area (Å²) >= 11 is 0. The molecule has 0 radical (unpaired) electrons. The Balaban J connectivity index is 4.73. The molecule has 0 aliphatic rings. The second kappa shape index (κ2) is 5.61. The molecule has 0 aliphatic heterocycles. The SMILES string of the molecule is CCCS(CC(C)(C)ON)=P(O)(O)O. The zero-order valence-electron chi connectivity index (χ0n) is 8.80. The average Bonchev–Trinajstić information content (AvgIpc) is 2.02. The standard InChI is InChI=1S/C7H20NO4PS/c1-4-5-14(13(9,10)11)6-7(2,3)12-8/h9-11H,4-6,8H2,1-3H3. The van der Waals surface area contributed by atoms with Crippen LogP contribution in [0.1, 0.15) is 27.2 Å². The predicted molar refractivity (Wildman–Crippen MR) is 60.3 cm³/mol. The van der Waals surface area contributed by atoms with Crippen molar-refractivity contribution in [2.75, 3.05) is 11.5 Å². The summed E-state index contributed by atoms with van der Waals surface area (Å²) in [5.41, 5.74) is -0.641. The summed E-state index contributed by atoms with van der Waals surface area (Å²) in [5, 5.41) is 0. The molecule has 1 atom stereocenters. The third-order valence-electron chi connectivity index (χ3n) is 1.62. The topological polar surface area (TPSA) is 95.9 Å². The van der Waals surface area contributed by atoms with Crippen molar-refractivity contribution in [2.24, 2.45) is 5.90 Å². The maximum atomic E-state index is 9.21. The second-order valence-electron chi connectivity index (χ2n) is 3.70. The summed E-state index contributed by atoms with van der Waals surface area (Å²) in [4.78, 5) is 32.3. The Morgan fingerprint density at radius 1 is 1.36 bits per heavy atom. The maximum Gasteiger partial charge on any atom is 0.277 e. The minimum absolute atomic E-state index is 0.356. The van der Waals surface area contributed by atoms with Gasteiger partial charge in [-0.25, -0.2) is 5.90 Å². The van der Waals surface area contributed by atoms with Crippen LogP contribution in [0.3, 0.4) is 0 Å². The molecule has 88 valence electrons. The summed E-state index contributed by atoms with van der Waals surface area (Å²) < 4.78 is 0. The highest BCUT2D eigenvalue weighted by Gasteiger charge is 2.23. The van der Waals surface area contributed by atoms with Gasteiger partial charge in [0.15, 0.2) is 0 Å². The first kappa shape index (κ1) is 14.6. The largest absolute Gasteiger partial charge is 0.329 e. The van der Waals surface area contributed by atoms with Crippen LogP contribution in [0.25, 0.3) is 0 Å². The lowest BCUT2D eigenvalue weighted by Gasteiger charge is -2.25. The van der Waals surface area contributed by atoms with Gasteiger partial charge in [-0.15, -0.1) is 10.1 Å². The highest BCUT2D eigenvalue weighted by molar-refractivity contribution is 8.27. The van der Waals surface area contributed by atoms with Gasteiger partial charge in [0.25, 0.3) is 6.72 Å². The van der Waals surface area contributed by atoms with Crippen LogP contribution in [-0.4, -0.2) is 31.8 Å². The van der Waals surface area contributed by atoms with E-state index in [1.807, 2.05) is 6.92 Å². The van der Waals surface area contributed by atoms with E-state index in [2.05, 4.69) is 0 Å². The van der Waals surface area contributed by atoms with Gasteiger partial charge < -0.3 is 14.7 Å². The van der Waals surface area contributed by atoms with E-state index >= 15 is 0 Å². The highest BCUT2D eigenvalue weighted by Crippen LogP contribution is 2.38. The first-order valence-electron chi connectivity index (χ1n) is 4.36. The van der Waals surface area contributed by atoms with E-state index < -0.39 is 22.4 Å². The first-order valence-corrected chi connectivity index (χ1v) is 8.18. The minimum Gasteiger partial charge on any atom is -0.329 e. The monoisotopic (exact) mass is 245 g/mol. The van der Waals surface area contributed by atoms with Crippen molar-refractivity contribution in [3.8, 4) is 0 Å². The molecule has 5 N–H and O–H groups in total. The zero-order chi connectivity index (χ0) is 11.4. The van der Waals surface area contributed by atoms with Crippen LogP contribution in [-0.2, 0) is 14.9 Å². The number of hydrogen-bond donors (Lipinski definition) is 4. The van der Waals surface area contributed by atoms with E-state index in [1.165, 1.54) is 0 Å². The lowest BCUT2D eigenvalue weighted by atomic mass is 10.2. The molecular formula is C7H20NO4PS. The van der Waals surface area contributed by atoms with Crippen molar-refractivity contribution in [1.82, 2.24) is 0 Å². The van der Waals surface area contributed by atoms with Gasteiger partial charge in [0, 0.05) is 5.75 Å². The molecule has 0 bridgehead atoms. The van der Waals surface area contributed by atoms with Crippen LogP contribution in [0, 0.1) is 0 Å². The lowest BCUT2D eigenvalue weighted by molar-refractivity contribution is -0.000697. The smallest absolute Gasteiger partial charge is 0.277 e. The van der Waals surface area contributed by atoms with Crippen molar-refractivity contribution in [2.45, 2.75) is 32.8 Å². The second-order valence-corrected chi connectivity index (χ2v) is 9.37. The maximum absolute atomic E-state index is 9.21. The van der Waals surface area contributed by atoms with Gasteiger partial charge in [0.2, 0.25) is 0 Å². The third kappa shape index (κ3) is 5.46. The van der Waals surface area contributed by atoms with Crippen molar-refractivity contribution in [3.63, 3.8) is 0 Å². The van der Waals surface area contributed by atoms with Crippen molar-refractivity contribution in [3.05, 3.63) is 0 Å². The molecule has 0 aliphatic carbocycles. The molecular weight excluding hydrogens is 225 g/mol. The molecule has 0 rings (SSSR count). The lowest BCUT2D eigenvalue weighted by Crippen LogP contribution is -2.35. The number of nitrogens with two attached hydrogens (primary N) is 1. The molecule has 7 heteroatoms. The van der Waals surface area contributed by atoms with Crippen LogP contribution >= 0.6 is 6.72 Å². The Kier molecular flexibility index (Phi) is 5.84. The Morgan fingerprint density at radius 2 is 1.86 bits per heavy atom. The molecule has 14 heavy (non-hydrogen) atoms. The summed E-state index contributed by atoms with van der Waals surface area (Å²) in [5.74, 6) is 6.00. The number of rotatable bonds is 5. The fourth-order valence-corrected chi connectivity index (χ4v) is 5.59. The van der Waals surface area contributed by atoms with E-state index in [-0.39, 0.29) is 0 Å². The Labute approximate surface area is 87.0 Å². The van der Waals surface area contributed by atoms with Gasteiger partial charge in [0.05, 0.1) is 5.60 Å². The molecule has 1 unspecified atom stereocenters. The van der Waals surface area contributed by atoms with E-state index in [0.717, 1.165) is 6.42 Å². The fraction of sp³-hybridized carbons (Fsp3) is 1.00. The van der Waals surface area contributed by atoms with Gasteiger partial charge >= 0.3 is 0 Å². The minimum atomic E-state index is -3.76. The van der Waals surface area contributed by atoms with E-state index in [0.29, 0.717) is 11.5 Å². The number of hydrogen-bond acceptors (Lipinski definition) is 2. The molecule has 0 aromatic carbocycles. The quantitative estimate of drug-likeness (QED) is 0.414. The van der Waals surface area contributed by atoms with Crippen LogP contribution in [0.2, 0.25) is 0 Å². The van der Waals surface area contributed by atoms with Crippen molar-refractivity contribution >= 4 is 16.8 Å². The Morgan fingerprint density at radius 3 is 2.14 bits per heavy atom. The van der Waals surface area contributed by atoms with E-state index in [1.54, 1.807) is 13.8 Å². The summed E-state index contributed by atoms with van der Waals surface area (Å²) in [7, 11) is -0.838. The molecule has 0 spiro atoms. The summed E-state index contributed by atoms with van der Waals surface area (Å²) in [6.45, 7) is 1.66. The molecule has 0 saturated heterocycles. The zero-order valence-corrected chi connectivity index (χ0v) is 10.5.